The summed E-state index contributed by atoms with van der Waals surface area (Å²) in [7, 11) is 0.544. The van der Waals surface area contributed by atoms with Crippen LogP contribution in [-0.4, -0.2) is 27.2 Å². The Kier molecular flexibility index (Phi) is 12.2. The lowest BCUT2D eigenvalue weighted by molar-refractivity contribution is -0.115. The van der Waals surface area contributed by atoms with Gasteiger partial charge in [0.25, 0.3) is 0 Å². The predicted octanol–water partition coefficient (Wildman–Crippen LogP) is 6.43. The number of benzene rings is 2. The van der Waals surface area contributed by atoms with Gasteiger partial charge in [0.05, 0.1) is 12.0 Å². The van der Waals surface area contributed by atoms with Crippen LogP contribution in [0.15, 0.2) is 54.6 Å². The molecule has 1 heterocycles. The predicted molar refractivity (Wildman–Crippen MR) is 133 cm³/mol. The van der Waals surface area contributed by atoms with Gasteiger partial charge in [-0.25, -0.2) is 9.73 Å². The average Bonchev–Trinajstić information content (AvgIpc) is 3.24. The van der Waals surface area contributed by atoms with Crippen LogP contribution in [0.1, 0.15) is 47.0 Å². The summed E-state index contributed by atoms with van der Waals surface area (Å²) < 4.78 is 4.40. The van der Waals surface area contributed by atoms with Gasteiger partial charge in [-0.15, -0.1) is 0 Å². The lowest BCUT2D eigenvalue weighted by Gasteiger charge is -2.05. The van der Waals surface area contributed by atoms with Gasteiger partial charge in [0.2, 0.25) is 0 Å². The Labute approximate surface area is 188 Å². The van der Waals surface area contributed by atoms with E-state index in [1.54, 1.807) is 24.3 Å². The molecule has 2 aromatic carbocycles. The third kappa shape index (κ3) is 11.4. The summed E-state index contributed by atoms with van der Waals surface area (Å²) in [6.07, 6.45) is 1.01. The monoisotopic (exact) mass is 441 g/mol. The zero-order chi connectivity index (χ0) is 23.2. The maximum Gasteiger partial charge on any atom is 0.163 e. The van der Waals surface area contributed by atoms with E-state index in [1.807, 2.05) is 30.3 Å². The molecular weight excluding hydrogens is 405 g/mol. The Morgan fingerprint density at radius 3 is 2.03 bits per heavy atom. The molecule has 6 heteroatoms. The second-order valence-corrected chi connectivity index (χ2v) is 8.94. The SMILES string of the molecule is CC(=O)CNc1ccc(O)cc1.CC(C)C(C)C.CCc1nc(-c2ccccc2)n[pH]1. The normalized spacial score (nSPS) is 10.3. The molecule has 0 aliphatic rings. The van der Waals surface area contributed by atoms with Crippen LogP contribution in [0.25, 0.3) is 11.4 Å². The van der Waals surface area contributed by atoms with Gasteiger partial charge in [0.1, 0.15) is 11.5 Å². The lowest BCUT2D eigenvalue weighted by Crippen LogP contribution is -2.09. The van der Waals surface area contributed by atoms with E-state index in [0.29, 0.717) is 14.9 Å². The highest BCUT2D eigenvalue weighted by molar-refractivity contribution is 7.26. The molecule has 0 bridgehead atoms. The summed E-state index contributed by atoms with van der Waals surface area (Å²) in [4.78, 5) is 15.0. The van der Waals surface area contributed by atoms with Crippen LogP contribution in [0, 0.1) is 11.8 Å². The van der Waals surface area contributed by atoms with Crippen LogP contribution < -0.4 is 5.32 Å². The number of phenolic OH excluding ortho intramolecular Hbond substituents is 1. The van der Waals surface area contributed by atoms with Gasteiger partial charge >= 0.3 is 0 Å². The van der Waals surface area contributed by atoms with Crippen molar-refractivity contribution in [3.8, 4) is 17.1 Å². The molecule has 0 aliphatic heterocycles. The average molecular weight is 442 g/mol. The molecule has 168 valence electrons. The largest absolute Gasteiger partial charge is 0.508 e. The van der Waals surface area contributed by atoms with Crippen molar-refractivity contribution in [2.45, 2.75) is 48.0 Å². The zero-order valence-corrected chi connectivity index (χ0v) is 20.5. The number of carbonyl (C=O) groups is 1. The molecule has 3 rings (SSSR count). The molecular formula is C25H36N3O2P. The summed E-state index contributed by atoms with van der Waals surface area (Å²) in [5.41, 5.74) is 3.17. The first kappa shape index (κ1) is 26.4. The molecule has 1 aromatic heterocycles. The Morgan fingerprint density at radius 1 is 1.00 bits per heavy atom. The van der Waals surface area contributed by atoms with Crippen molar-refractivity contribution < 1.29 is 9.90 Å². The maximum absolute atomic E-state index is 10.6. The molecule has 0 saturated carbocycles. The van der Waals surface area contributed by atoms with Gasteiger partial charge in [-0.05, 0) is 57.8 Å². The highest BCUT2D eigenvalue weighted by Crippen LogP contribution is 2.20. The first-order valence-corrected chi connectivity index (χ1v) is 11.7. The van der Waals surface area contributed by atoms with Gasteiger partial charge in [0.15, 0.2) is 5.82 Å². The molecule has 0 saturated heterocycles. The number of aromatic hydroxyl groups is 1. The van der Waals surface area contributed by atoms with Crippen LogP contribution in [-0.2, 0) is 11.2 Å². The van der Waals surface area contributed by atoms with Crippen LogP contribution in [0.2, 0.25) is 0 Å². The number of hydrogen-bond acceptors (Lipinski definition) is 5. The van der Waals surface area contributed by atoms with Crippen molar-refractivity contribution in [3.63, 3.8) is 0 Å². The molecule has 31 heavy (non-hydrogen) atoms. The van der Waals surface area contributed by atoms with Crippen LogP contribution >= 0.6 is 8.35 Å². The summed E-state index contributed by atoms with van der Waals surface area (Å²) >= 11 is 0. The Morgan fingerprint density at radius 2 is 1.58 bits per heavy atom. The number of phenols is 1. The minimum atomic E-state index is 0.0862. The molecule has 0 radical (unpaired) electrons. The van der Waals surface area contributed by atoms with Crippen molar-refractivity contribution >= 4 is 19.8 Å². The van der Waals surface area contributed by atoms with Crippen molar-refractivity contribution in [3.05, 3.63) is 60.0 Å². The Balaban J connectivity index is 0.000000249. The zero-order valence-electron chi connectivity index (χ0n) is 19.5. The van der Waals surface area contributed by atoms with Crippen LogP contribution in [0.4, 0.5) is 5.69 Å². The Bertz CT molecular complexity index is 869. The maximum atomic E-state index is 10.6. The van der Waals surface area contributed by atoms with Crippen LogP contribution in [0.3, 0.4) is 0 Å². The number of hydrogen-bond donors (Lipinski definition) is 2. The Hall–Kier alpha value is -2.65. The summed E-state index contributed by atoms with van der Waals surface area (Å²) in [5.74, 6) is 2.91. The van der Waals surface area contributed by atoms with Gasteiger partial charge < -0.3 is 10.4 Å². The minimum absolute atomic E-state index is 0.0862. The summed E-state index contributed by atoms with van der Waals surface area (Å²) in [5, 5.41) is 11.9. The lowest BCUT2D eigenvalue weighted by atomic mass is 10.0. The van der Waals surface area contributed by atoms with Crippen LogP contribution in [0.5, 0.6) is 5.75 Å². The van der Waals surface area contributed by atoms with E-state index >= 15 is 0 Å². The number of anilines is 1. The van der Waals surface area contributed by atoms with Gasteiger partial charge in [-0.3, -0.25) is 4.79 Å². The smallest absolute Gasteiger partial charge is 0.163 e. The van der Waals surface area contributed by atoms with E-state index in [-0.39, 0.29) is 11.5 Å². The molecule has 1 atom stereocenters. The number of nitrogens with one attached hydrogen (secondary N) is 1. The number of nitrogens with zero attached hydrogens (tertiary/aromatic N) is 2. The third-order valence-electron chi connectivity index (χ3n) is 4.64. The van der Waals surface area contributed by atoms with E-state index < -0.39 is 0 Å². The molecule has 0 fully saturated rings. The third-order valence-corrected chi connectivity index (χ3v) is 5.69. The number of aromatic nitrogens is 2. The highest BCUT2D eigenvalue weighted by atomic mass is 31.0. The van der Waals surface area contributed by atoms with E-state index in [2.05, 4.69) is 49.7 Å². The quantitative estimate of drug-likeness (QED) is 0.431. The van der Waals surface area contributed by atoms with E-state index in [1.165, 1.54) is 12.3 Å². The molecule has 5 nitrogen and oxygen atoms in total. The van der Waals surface area contributed by atoms with Crippen molar-refractivity contribution in [2.24, 2.45) is 11.8 Å². The first-order chi connectivity index (χ1) is 14.7. The van der Waals surface area contributed by atoms with Crippen molar-refractivity contribution in [1.82, 2.24) is 9.73 Å². The fourth-order valence-electron chi connectivity index (χ4n) is 1.98. The van der Waals surface area contributed by atoms with E-state index in [9.17, 15) is 4.79 Å². The molecule has 0 amide bonds. The van der Waals surface area contributed by atoms with Gasteiger partial charge in [0, 0.05) is 11.3 Å². The van der Waals surface area contributed by atoms with Gasteiger partial charge in [-0.1, -0.05) is 65.0 Å². The molecule has 0 spiro atoms. The second-order valence-electron chi connectivity index (χ2n) is 7.92. The summed E-state index contributed by atoms with van der Waals surface area (Å²) in [6, 6.07) is 16.7. The highest BCUT2D eigenvalue weighted by Gasteiger charge is 2.02. The van der Waals surface area contributed by atoms with Crippen molar-refractivity contribution in [1.29, 1.82) is 0 Å². The topological polar surface area (TPSA) is 75.1 Å². The number of rotatable bonds is 6. The van der Waals surface area contributed by atoms with E-state index in [0.717, 1.165) is 35.3 Å². The summed E-state index contributed by atoms with van der Waals surface area (Å²) in [6.45, 7) is 12.9. The minimum Gasteiger partial charge on any atom is -0.508 e. The number of aryl methyl sites for hydroxylation is 1. The first-order valence-electron chi connectivity index (χ1n) is 10.7. The van der Waals surface area contributed by atoms with Gasteiger partial charge in [-0.2, -0.15) is 0 Å². The molecule has 1 unspecified atom stereocenters. The second kappa shape index (κ2) is 14.4. The molecule has 2 N–H and O–H groups in total. The fraction of sp³-hybridized carbons (Fsp3) is 0.400. The fourth-order valence-corrected chi connectivity index (χ4v) is 2.70. The number of Topliss-reactive ketones (excluding diaryl/α,β-unsaturated/α-hetero) is 1. The standard InChI is InChI=1S/C10H11N2P.C9H11NO2.C6H14/c1-2-9-11-10(12-13-9)8-6-4-3-5-7-8;1-7(11)6-10-8-2-4-9(12)5-3-8;1-5(2)6(3)4/h3-7,13H,2H2,1H3;2-5,10,12H,6H2,1H3;5-6H,1-4H3. The molecule has 3 aromatic rings. The van der Waals surface area contributed by atoms with Crippen molar-refractivity contribution in [2.75, 3.05) is 11.9 Å². The molecule has 0 aliphatic carbocycles. The number of carbonyl (C=O) groups excluding carboxylic acids is 1. The number of ketones is 1. The van der Waals surface area contributed by atoms with E-state index in [4.69, 9.17) is 5.11 Å².